The molecule has 0 saturated heterocycles. The second-order valence-corrected chi connectivity index (χ2v) is 6.16. The molecular formula is C21H18ClNO3. The summed E-state index contributed by atoms with van der Waals surface area (Å²) in [5.74, 6) is -0.426. The maximum Gasteiger partial charge on any atom is 0.250 e. The van der Waals surface area contributed by atoms with E-state index in [0.717, 1.165) is 11.1 Å². The number of halogens is 1. The first kappa shape index (κ1) is 18.0. The van der Waals surface area contributed by atoms with Crippen molar-refractivity contribution >= 4 is 23.2 Å². The number of hydrogen-bond donors (Lipinski definition) is 2. The summed E-state index contributed by atoms with van der Waals surface area (Å²) >= 11 is 5.89. The highest BCUT2D eigenvalue weighted by atomic mass is 35.5. The minimum atomic E-state index is -0.376. The van der Waals surface area contributed by atoms with Crippen molar-refractivity contribution in [3.8, 4) is 5.75 Å². The zero-order valence-corrected chi connectivity index (χ0v) is 14.7. The summed E-state index contributed by atoms with van der Waals surface area (Å²) in [6.45, 7) is -0.166. The number of hydrogen-bond acceptors (Lipinski definition) is 3. The molecule has 0 bridgehead atoms. The predicted molar refractivity (Wildman–Crippen MR) is 102 cm³/mol. The Balaban J connectivity index is 1.72. The summed E-state index contributed by atoms with van der Waals surface area (Å²) in [6.07, 6.45) is -0.365. The average molecular weight is 368 g/mol. The number of ether oxygens (including phenoxy) is 1. The van der Waals surface area contributed by atoms with Gasteiger partial charge in [0.05, 0.1) is 5.69 Å². The van der Waals surface area contributed by atoms with Crippen molar-refractivity contribution in [3.63, 3.8) is 0 Å². The van der Waals surface area contributed by atoms with Gasteiger partial charge >= 0.3 is 0 Å². The standard InChI is InChI=1S/C21H18ClNO3/c22-17-11-12-19(24)18(13-17)23-20(25)14-26-21(15-7-3-1-4-8-15)16-9-5-2-6-10-16/h1-13,21,24H,14H2,(H,23,25). The van der Waals surface area contributed by atoms with Crippen LogP contribution in [0.4, 0.5) is 5.69 Å². The molecule has 0 unspecified atom stereocenters. The van der Waals surface area contributed by atoms with Crippen molar-refractivity contribution in [1.29, 1.82) is 0 Å². The smallest absolute Gasteiger partial charge is 0.250 e. The number of carbonyl (C=O) groups excluding carboxylic acids is 1. The number of aromatic hydroxyl groups is 1. The monoisotopic (exact) mass is 367 g/mol. The van der Waals surface area contributed by atoms with Gasteiger partial charge in [0.1, 0.15) is 18.5 Å². The third-order valence-electron chi connectivity index (χ3n) is 3.82. The quantitative estimate of drug-likeness (QED) is 0.616. The molecule has 0 aliphatic carbocycles. The number of nitrogens with one attached hydrogen (secondary N) is 1. The van der Waals surface area contributed by atoms with E-state index in [2.05, 4.69) is 5.32 Å². The van der Waals surface area contributed by atoms with Crippen LogP contribution in [0.25, 0.3) is 0 Å². The van der Waals surface area contributed by atoms with Gasteiger partial charge in [0.15, 0.2) is 0 Å². The van der Waals surface area contributed by atoms with Crippen molar-refractivity contribution in [2.24, 2.45) is 0 Å². The normalized spacial score (nSPS) is 10.7. The van der Waals surface area contributed by atoms with Gasteiger partial charge in [0.25, 0.3) is 5.91 Å². The third kappa shape index (κ3) is 4.63. The van der Waals surface area contributed by atoms with Gasteiger partial charge in [-0.1, -0.05) is 72.3 Å². The van der Waals surface area contributed by atoms with E-state index in [9.17, 15) is 9.90 Å². The minimum absolute atomic E-state index is 0.0505. The first-order valence-corrected chi connectivity index (χ1v) is 8.51. The number of rotatable bonds is 6. The fourth-order valence-corrected chi connectivity index (χ4v) is 2.77. The Bertz CT molecular complexity index is 829. The van der Waals surface area contributed by atoms with Gasteiger partial charge in [-0.2, -0.15) is 0 Å². The molecule has 26 heavy (non-hydrogen) atoms. The Kier molecular flexibility index (Phi) is 5.89. The lowest BCUT2D eigenvalue weighted by Crippen LogP contribution is -2.20. The Morgan fingerprint density at radius 2 is 1.54 bits per heavy atom. The number of phenolic OH excluding ortho intramolecular Hbond substituents is 1. The van der Waals surface area contributed by atoms with E-state index in [0.29, 0.717) is 5.02 Å². The van der Waals surface area contributed by atoms with Crippen LogP contribution >= 0.6 is 11.6 Å². The van der Waals surface area contributed by atoms with Gasteiger partial charge in [-0.05, 0) is 29.3 Å². The van der Waals surface area contributed by atoms with Crippen LogP contribution in [0.15, 0.2) is 78.9 Å². The summed E-state index contributed by atoms with van der Waals surface area (Å²) in [6, 6.07) is 23.9. The highest BCUT2D eigenvalue weighted by molar-refractivity contribution is 6.31. The molecule has 2 N–H and O–H groups in total. The molecule has 0 fully saturated rings. The molecule has 0 atom stereocenters. The molecular weight excluding hydrogens is 350 g/mol. The second-order valence-electron chi connectivity index (χ2n) is 5.72. The highest BCUT2D eigenvalue weighted by Crippen LogP contribution is 2.28. The molecule has 1 amide bonds. The molecule has 0 heterocycles. The lowest BCUT2D eigenvalue weighted by molar-refractivity contribution is -0.121. The number of benzene rings is 3. The molecule has 4 nitrogen and oxygen atoms in total. The largest absolute Gasteiger partial charge is 0.506 e. The Morgan fingerprint density at radius 3 is 2.12 bits per heavy atom. The average Bonchev–Trinajstić information content (AvgIpc) is 2.67. The Labute approximate surface area is 157 Å². The van der Waals surface area contributed by atoms with E-state index in [4.69, 9.17) is 16.3 Å². The van der Waals surface area contributed by atoms with Crippen molar-refractivity contribution in [3.05, 3.63) is 95.0 Å². The zero-order chi connectivity index (χ0) is 18.4. The molecule has 3 rings (SSSR count). The van der Waals surface area contributed by atoms with Gasteiger partial charge in [0, 0.05) is 5.02 Å². The van der Waals surface area contributed by atoms with E-state index >= 15 is 0 Å². The van der Waals surface area contributed by atoms with Gasteiger partial charge in [-0.3, -0.25) is 4.79 Å². The van der Waals surface area contributed by atoms with Gasteiger partial charge in [-0.15, -0.1) is 0 Å². The summed E-state index contributed by atoms with van der Waals surface area (Å²) in [7, 11) is 0. The van der Waals surface area contributed by atoms with Crippen LogP contribution in [0.3, 0.4) is 0 Å². The fraction of sp³-hybridized carbons (Fsp3) is 0.0952. The lowest BCUT2D eigenvalue weighted by Gasteiger charge is -2.19. The number of carbonyl (C=O) groups is 1. The van der Waals surface area contributed by atoms with E-state index in [1.54, 1.807) is 6.07 Å². The number of phenols is 1. The molecule has 0 aliphatic heterocycles. The second kappa shape index (κ2) is 8.52. The number of amides is 1. The van der Waals surface area contributed by atoms with Crippen molar-refractivity contribution in [2.75, 3.05) is 11.9 Å². The zero-order valence-electron chi connectivity index (χ0n) is 13.9. The molecule has 5 heteroatoms. The van der Waals surface area contributed by atoms with Crippen molar-refractivity contribution < 1.29 is 14.6 Å². The van der Waals surface area contributed by atoms with Gasteiger partial charge in [0.2, 0.25) is 0 Å². The highest BCUT2D eigenvalue weighted by Gasteiger charge is 2.16. The summed E-state index contributed by atoms with van der Waals surface area (Å²) in [4.78, 5) is 12.3. The Morgan fingerprint density at radius 1 is 0.962 bits per heavy atom. The molecule has 3 aromatic carbocycles. The van der Waals surface area contributed by atoms with Crippen LogP contribution in [-0.4, -0.2) is 17.6 Å². The van der Waals surface area contributed by atoms with Crippen LogP contribution in [0.2, 0.25) is 5.02 Å². The molecule has 0 spiro atoms. The fourth-order valence-electron chi connectivity index (χ4n) is 2.59. The molecule has 0 radical (unpaired) electrons. The van der Waals surface area contributed by atoms with Crippen LogP contribution in [0.1, 0.15) is 17.2 Å². The van der Waals surface area contributed by atoms with Crippen molar-refractivity contribution in [1.82, 2.24) is 0 Å². The molecule has 3 aromatic rings. The molecule has 0 saturated carbocycles. The molecule has 0 aliphatic rings. The van der Waals surface area contributed by atoms with Gasteiger partial charge < -0.3 is 15.2 Å². The maximum atomic E-state index is 12.3. The Hall–Kier alpha value is -2.82. The first-order valence-electron chi connectivity index (χ1n) is 8.13. The van der Waals surface area contributed by atoms with Crippen LogP contribution in [0.5, 0.6) is 5.75 Å². The van der Waals surface area contributed by atoms with Gasteiger partial charge in [-0.25, -0.2) is 0 Å². The molecule has 132 valence electrons. The summed E-state index contributed by atoms with van der Waals surface area (Å²) in [5, 5.41) is 12.8. The SMILES string of the molecule is O=C(COC(c1ccccc1)c1ccccc1)Nc1cc(Cl)ccc1O. The topological polar surface area (TPSA) is 58.6 Å². The third-order valence-corrected chi connectivity index (χ3v) is 4.05. The predicted octanol–water partition coefficient (Wildman–Crippen LogP) is 4.79. The molecule has 0 aromatic heterocycles. The maximum absolute atomic E-state index is 12.3. The number of anilines is 1. The summed E-state index contributed by atoms with van der Waals surface area (Å²) < 4.78 is 5.89. The van der Waals surface area contributed by atoms with Crippen LogP contribution < -0.4 is 5.32 Å². The van der Waals surface area contributed by atoms with Crippen molar-refractivity contribution in [2.45, 2.75) is 6.10 Å². The van der Waals surface area contributed by atoms with E-state index in [-0.39, 0.29) is 30.1 Å². The first-order chi connectivity index (χ1) is 12.6. The van der Waals surface area contributed by atoms with E-state index in [1.165, 1.54) is 12.1 Å². The van der Waals surface area contributed by atoms with E-state index < -0.39 is 0 Å². The van der Waals surface area contributed by atoms with Crippen LogP contribution in [0, 0.1) is 0 Å². The minimum Gasteiger partial charge on any atom is -0.506 e. The summed E-state index contributed by atoms with van der Waals surface area (Å²) in [5.41, 5.74) is 2.16. The lowest BCUT2D eigenvalue weighted by atomic mass is 10.0. The van der Waals surface area contributed by atoms with E-state index in [1.807, 2.05) is 60.7 Å². The van der Waals surface area contributed by atoms with Crippen LogP contribution in [-0.2, 0) is 9.53 Å².